The largest absolute Gasteiger partial charge is 0.507 e. The molecule has 3 N–H and O–H groups in total. The van der Waals surface area contributed by atoms with Gasteiger partial charge in [-0.25, -0.2) is 13.2 Å². The smallest absolute Gasteiger partial charge is 0.341 e. The molecule has 0 saturated heterocycles. The molecule has 11 heteroatoms. The number of carbonyl (C=O) groups is 2. The molecule has 0 bridgehead atoms. The maximum atomic E-state index is 12.8. The van der Waals surface area contributed by atoms with Gasteiger partial charge < -0.3 is 19.6 Å². The Morgan fingerprint density at radius 2 is 1.87 bits per heavy atom. The van der Waals surface area contributed by atoms with Gasteiger partial charge in [-0.1, -0.05) is 11.6 Å². The zero-order valence-corrected chi connectivity index (χ0v) is 17.0. The van der Waals surface area contributed by atoms with E-state index in [-0.39, 0.29) is 32.6 Å². The molecular weight excluding hydrogens is 436 g/mol. The standard InChI is InChI=1S/C19H15ClN2O7S/c1-28-19(25)13-10-12(5-7-16(13)23)30(26,27)22-14-6-4-11(20)9-15(14)21-18(24)17-3-2-8-29-17/h2-10,22-23H,1H3,(H,21,24). The number of nitrogens with one attached hydrogen (secondary N) is 2. The second kappa shape index (κ2) is 8.47. The average Bonchev–Trinajstić information content (AvgIpc) is 3.24. The molecule has 0 unspecified atom stereocenters. The van der Waals surface area contributed by atoms with E-state index >= 15 is 0 Å². The summed E-state index contributed by atoms with van der Waals surface area (Å²) < 4.78 is 37.5. The lowest BCUT2D eigenvalue weighted by Gasteiger charge is -2.14. The van der Waals surface area contributed by atoms with Gasteiger partial charge in [-0.05, 0) is 48.5 Å². The van der Waals surface area contributed by atoms with Crippen molar-refractivity contribution >= 4 is 44.9 Å². The summed E-state index contributed by atoms with van der Waals surface area (Å²) in [5.41, 5.74) is -0.214. The second-order valence-electron chi connectivity index (χ2n) is 5.90. The zero-order valence-electron chi connectivity index (χ0n) is 15.4. The molecule has 0 aliphatic rings. The highest BCUT2D eigenvalue weighted by Gasteiger charge is 2.22. The fourth-order valence-electron chi connectivity index (χ4n) is 2.46. The third-order valence-electron chi connectivity index (χ3n) is 3.90. The van der Waals surface area contributed by atoms with Gasteiger partial charge in [0.1, 0.15) is 11.3 Å². The Kier molecular flexibility index (Phi) is 5.99. The van der Waals surface area contributed by atoms with E-state index in [9.17, 15) is 23.1 Å². The number of carbonyl (C=O) groups excluding carboxylic acids is 2. The summed E-state index contributed by atoms with van der Waals surface area (Å²) in [7, 11) is -3.11. The van der Waals surface area contributed by atoms with Gasteiger partial charge in [0.15, 0.2) is 5.76 Å². The lowest BCUT2D eigenvalue weighted by Crippen LogP contribution is -2.17. The van der Waals surface area contributed by atoms with Crippen LogP contribution in [0.4, 0.5) is 11.4 Å². The van der Waals surface area contributed by atoms with E-state index in [0.29, 0.717) is 0 Å². The van der Waals surface area contributed by atoms with Gasteiger partial charge in [0.25, 0.3) is 15.9 Å². The van der Waals surface area contributed by atoms with E-state index in [0.717, 1.165) is 25.3 Å². The number of ether oxygens (including phenoxy) is 1. The summed E-state index contributed by atoms with van der Waals surface area (Å²) >= 11 is 5.97. The van der Waals surface area contributed by atoms with Crippen molar-refractivity contribution in [2.24, 2.45) is 0 Å². The fraction of sp³-hybridized carbons (Fsp3) is 0.0526. The average molecular weight is 451 g/mol. The predicted octanol–water partition coefficient (Wildman–Crippen LogP) is 3.48. The molecule has 0 atom stereocenters. The Morgan fingerprint density at radius 3 is 2.53 bits per heavy atom. The molecule has 1 aromatic heterocycles. The van der Waals surface area contributed by atoms with Crippen molar-refractivity contribution in [3.05, 3.63) is 71.1 Å². The number of halogens is 1. The van der Waals surface area contributed by atoms with Gasteiger partial charge >= 0.3 is 5.97 Å². The van der Waals surface area contributed by atoms with Crippen molar-refractivity contribution in [2.45, 2.75) is 4.90 Å². The molecule has 2 aromatic carbocycles. The maximum Gasteiger partial charge on any atom is 0.341 e. The number of phenolic OH excluding ortho intramolecular Hbond substituents is 1. The summed E-state index contributed by atoms with van der Waals surface area (Å²) in [4.78, 5) is 23.7. The van der Waals surface area contributed by atoms with Crippen LogP contribution in [0.2, 0.25) is 5.02 Å². The zero-order chi connectivity index (χ0) is 21.9. The van der Waals surface area contributed by atoms with Crippen LogP contribution in [0.5, 0.6) is 5.75 Å². The van der Waals surface area contributed by atoms with E-state index in [1.54, 1.807) is 0 Å². The molecule has 1 heterocycles. The monoisotopic (exact) mass is 450 g/mol. The van der Waals surface area contributed by atoms with Crippen molar-refractivity contribution in [3.63, 3.8) is 0 Å². The Bertz CT molecular complexity index is 1210. The number of amides is 1. The Labute approximate surface area is 176 Å². The summed E-state index contributed by atoms with van der Waals surface area (Å²) in [5.74, 6) is -1.92. The predicted molar refractivity (Wildman–Crippen MR) is 108 cm³/mol. The number of esters is 1. The number of hydrogen-bond donors (Lipinski definition) is 3. The van der Waals surface area contributed by atoms with E-state index in [2.05, 4.69) is 14.8 Å². The summed E-state index contributed by atoms with van der Waals surface area (Å²) in [6, 6.07) is 10.3. The molecule has 0 aliphatic heterocycles. The first-order valence-corrected chi connectivity index (χ1v) is 10.2. The number of hydrogen-bond acceptors (Lipinski definition) is 7. The number of furan rings is 1. The van der Waals surface area contributed by atoms with Crippen LogP contribution in [-0.4, -0.2) is 32.5 Å². The molecule has 9 nitrogen and oxygen atoms in total. The van der Waals surface area contributed by atoms with Gasteiger partial charge in [0.2, 0.25) is 0 Å². The van der Waals surface area contributed by atoms with E-state index in [4.69, 9.17) is 16.0 Å². The van der Waals surface area contributed by atoms with E-state index in [1.807, 2.05) is 0 Å². The summed E-state index contributed by atoms with van der Waals surface area (Å²) in [5, 5.41) is 12.5. The van der Waals surface area contributed by atoms with Crippen molar-refractivity contribution in [1.82, 2.24) is 0 Å². The van der Waals surface area contributed by atoms with Crippen molar-refractivity contribution < 1.29 is 32.3 Å². The fourth-order valence-corrected chi connectivity index (χ4v) is 3.74. The Hall–Kier alpha value is -3.50. The molecule has 3 aromatic rings. The van der Waals surface area contributed by atoms with Crippen LogP contribution < -0.4 is 10.0 Å². The molecule has 0 spiro atoms. The lowest BCUT2D eigenvalue weighted by atomic mass is 10.2. The topological polar surface area (TPSA) is 135 Å². The van der Waals surface area contributed by atoms with Crippen molar-refractivity contribution in [3.8, 4) is 5.75 Å². The molecule has 30 heavy (non-hydrogen) atoms. The van der Waals surface area contributed by atoms with Crippen molar-refractivity contribution in [1.29, 1.82) is 0 Å². The first-order chi connectivity index (χ1) is 14.2. The van der Waals surface area contributed by atoms with Crippen LogP contribution in [0.3, 0.4) is 0 Å². The van der Waals surface area contributed by atoms with Gasteiger partial charge in [-0.2, -0.15) is 0 Å². The van der Waals surface area contributed by atoms with Crippen molar-refractivity contribution in [2.75, 3.05) is 17.1 Å². The highest BCUT2D eigenvalue weighted by atomic mass is 35.5. The number of aromatic hydroxyl groups is 1. The maximum absolute atomic E-state index is 12.8. The third kappa shape index (κ3) is 4.56. The van der Waals surface area contributed by atoms with E-state index < -0.39 is 27.6 Å². The minimum atomic E-state index is -4.21. The van der Waals surface area contributed by atoms with Crippen LogP contribution >= 0.6 is 11.6 Å². The van der Waals surface area contributed by atoms with Gasteiger partial charge in [-0.15, -0.1) is 0 Å². The van der Waals surface area contributed by atoms with E-state index in [1.165, 1.54) is 36.6 Å². The number of rotatable bonds is 6. The Morgan fingerprint density at radius 1 is 1.10 bits per heavy atom. The number of sulfonamides is 1. The molecule has 0 radical (unpaired) electrons. The summed E-state index contributed by atoms with van der Waals surface area (Å²) in [6.07, 6.45) is 1.32. The van der Waals surface area contributed by atoms with Gasteiger partial charge in [0.05, 0.1) is 29.6 Å². The quantitative estimate of drug-likeness (QED) is 0.489. The molecule has 3 rings (SSSR count). The van der Waals surface area contributed by atoms with Crippen LogP contribution in [0.25, 0.3) is 0 Å². The first-order valence-electron chi connectivity index (χ1n) is 8.30. The number of methoxy groups -OCH3 is 1. The lowest BCUT2D eigenvalue weighted by molar-refractivity contribution is 0.0597. The minimum Gasteiger partial charge on any atom is -0.507 e. The van der Waals surface area contributed by atoms with Crippen LogP contribution in [-0.2, 0) is 14.8 Å². The normalized spacial score (nSPS) is 11.0. The van der Waals surface area contributed by atoms with Crippen LogP contribution in [0, 0.1) is 0 Å². The Balaban J connectivity index is 1.94. The second-order valence-corrected chi connectivity index (χ2v) is 8.02. The number of benzene rings is 2. The van der Waals surface area contributed by atoms with Gasteiger partial charge in [-0.3, -0.25) is 9.52 Å². The number of phenols is 1. The van der Waals surface area contributed by atoms with Crippen LogP contribution in [0.1, 0.15) is 20.9 Å². The minimum absolute atomic E-state index is 0.0186. The SMILES string of the molecule is COC(=O)c1cc(S(=O)(=O)Nc2ccc(Cl)cc2NC(=O)c2ccco2)ccc1O. The molecule has 0 fully saturated rings. The molecule has 0 saturated carbocycles. The highest BCUT2D eigenvalue weighted by molar-refractivity contribution is 7.92. The first kappa shape index (κ1) is 21.2. The molecular formula is C19H15ClN2O7S. The molecule has 156 valence electrons. The van der Waals surface area contributed by atoms with Crippen LogP contribution in [0.15, 0.2) is 64.1 Å². The highest BCUT2D eigenvalue weighted by Crippen LogP contribution is 2.30. The molecule has 1 amide bonds. The molecule has 0 aliphatic carbocycles. The van der Waals surface area contributed by atoms with Gasteiger partial charge in [0, 0.05) is 5.02 Å². The number of anilines is 2. The third-order valence-corrected chi connectivity index (χ3v) is 5.50. The summed E-state index contributed by atoms with van der Waals surface area (Å²) in [6.45, 7) is 0.